The lowest BCUT2D eigenvalue weighted by Crippen LogP contribution is -2.23. The lowest BCUT2D eigenvalue weighted by molar-refractivity contribution is 0.101. The molecule has 0 amide bonds. The van der Waals surface area contributed by atoms with Gasteiger partial charge in [0.05, 0.1) is 11.4 Å². The SMILES string of the molecule is CC(=O)c1ccccc1-c1csc(OCc2c(C)cccc2-n2nnn(C)c2=O)n1. The normalized spacial score (nSPS) is 10.9. The Kier molecular flexibility index (Phi) is 5.28. The Labute approximate surface area is 176 Å². The second-order valence-electron chi connectivity index (χ2n) is 6.76. The quantitative estimate of drug-likeness (QED) is 0.444. The first-order chi connectivity index (χ1) is 14.5. The first-order valence-electron chi connectivity index (χ1n) is 9.22. The van der Waals surface area contributed by atoms with Crippen molar-refractivity contribution < 1.29 is 9.53 Å². The number of hydrogen-bond acceptors (Lipinski definition) is 7. The van der Waals surface area contributed by atoms with E-state index in [1.807, 2.05) is 42.6 Å². The van der Waals surface area contributed by atoms with Crippen LogP contribution in [-0.2, 0) is 13.7 Å². The van der Waals surface area contributed by atoms with Gasteiger partial charge < -0.3 is 4.74 Å². The van der Waals surface area contributed by atoms with E-state index in [4.69, 9.17) is 4.74 Å². The Morgan fingerprint density at radius 1 is 1.13 bits per heavy atom. The molecule has 4 aromatic rings. The molecular formula is C21H19N5O3S. The number of ether oxygens (including phenoxy) is 1. The lowest BCUT2D eigenvalue weighted by Gasteiger charge is -2.11. The highest BCUT2D eigenvalue weighted by Crippen LogP contribution is 2.30. The summed E-state index contributed by atoms with van der Waals surface area (Å²) in [5.41, 5.74) is 4.16. The molecule has 9 heteroatoms. The lowest BCUT2D eigenvalue weighted by atomic mass is 10.0. The van der Waals surface area contributed by atoms with Gasteiger partial charge >= 0.3 is 5.69 Å². The van der Waals surface area contributed by atoms with Crippen LogP contribution in [0.1, 0.15) is 28.4 Å². The number of rotatable bonds is 6. The number of carbonyl (C=O) groups is 1. The number of thiazole rings is 1. The van der Waals surface area contributed by atoms with Crippen molar-refractivity contribution in [1.29, 1.82) is 0 Å². The molecule has 0 aliphatic heterocycles. The summed E-state index contributed by atoms with van der Waals surface area (Å²) in [6.07, 6.45) is 0. The van der Waals surface area contributed by atoms with Crippen molar-refractivity contribution in [2.24, 2.45) is 7.05 Å². The summed E-state index contributed by atoms with van der Waals surface area (Å²) >= 11 is 1.35. The van der Waals surface area contributed by atoms with Crippen molar-refractivity contribution in [2.45, 2.75) is 20.5 Å². The monoisotopic (exact) mass is 421 g/mol. The van der Waals surface area contributed by atoms with E-state index < -0.39 is 0 Å². The molecule has 2 heterocycles. The van der Waals surface area contributed by atoms with Gasteiger partial charge in [0.2, 0.25) is 0 Å². The molecule has 0 unspecified atom stereocenters. The van der Waals surface area contributed by atoms with Crippen LogP contribution in [-0.4, -0.2) is 30.6 Å². The summed E-state index contributed by atoms with van der Waals surface area (Å²) in [6, 6.07) is 13.0. The van der Waals surface area contributed by atoms with E-state index in [9.17, 15) is 9.59 Å². The van der Waals surface area contributed by atoms with Crippen molar-refractivity contribution >= 4 is 17.1 Å². The average Bonchev–Trinajstić information content (AvgIpc) is 3.34. The van der Waals surface area contributed by atoms with Gasteiger partial charge in [-0.2, -0.15) is 9.36 Å². The number of benzene rings is 2. The Morgan fingerprint density at radius 3 is 2.67 bits per heavy atom. The second kappa shape index (κ2) is 8.03. The van der Waals surface area contributed by atoms with Crippen molar-refractivity contribution in [1.82, 2.24) is 24.8 Å². The van der Waals surface area contributed by atoms with Gasteiger partial charge in [-0.3, -0.25) is 4.79 Å². The van der Waals surface area contributed by atoms with Crippen LogP contribution in [0.2, 0.25) is 0 Å². The zero-order chi connectivity index (χ0) is 21.3. The van der Waals surface area contributed by atoms with Crippen molar-refractivity contribution in [3.05, 3.63) is 75.0 Å². The number of tetrazole rings is 1. The van der Waals surface area contributed by atoms with Crippen LogP contribution in [0.15, 0.2) is 52.6 Å². The largest absolute Gasteiger partial charge is 0.465 e. The maximum atomic E-state index is 12.3. The smallest absolute Gasteiger partial charge is 0.368 e. The Balaban J connectivity index is 1.61. The minimum atomic E-state index is -0.334. The summed E-state index contributed by atoms with van der Waals surface area (Å²) < 4.78 is 8.36. The van der Waals surface area contributed by atoms with Gasteiger partial charge in [-0.1, -0.05) is 47.7 Å². The van der Waals surface area contributed by atoms with Gasteiger partial charge in [0.1, 0.15) is 6.61 Å². The summed E-state index contributed by atoms with van der Waals surface area (Å²) in [5.74, 6) is -0.0139. The summed E-state index contributed by atoms with van der Waals surface area (Å²) in [4.78, 5) is 28.7. The molecule has 2 aromatic heterocycles. The summed E-state index contributed by atoms with van der Waals surface area (Å²) in [5, 5.41) is 10.0. The average molecular weight is 421 g/mol. The Hall–Kier alpha value is -3.59. The molecule has 2 aromatic carbocycles. The number of ketones is 1. The molecule has 0 saturated carbocycles. The van der Waals surface area contributed by atoms with Crippen molar-refractivity contribution in [3.8, 4) is 22.1 Å². The first kappa shape index (κ1) is 19.7. The molecule has 0 bridgehead atoms. The van der Waals surface area contributed by atoms with Crippen LogP contribution < -0.4 is 10.4 Å². The third kappa shape index (κ3) is 3.67. The van der Waals surface area contributed by atoms with Crippen LogP contribution in [0.3, 0.4) is 0 Å². The molecule has 152 valence electrons. The molecule has 0 N–H and O–H groups in total. The van der Waals surface area contributed by atoms with Gasteiger partial charge in [-0.25, -0.2) is 9.78 Å². The number of aromatic nitrogens is 5. The Morgan fingerprint density at radius 2 is 1.93 bits per heavy atom. The minimum Gasteiger partial charge on any atom is -0.465 e. The van der Waals surface area contributed by atoms with Gasteiger partial charge in [0, 0.05) is 29.1 Å². The number of aryl methyl sites for hydroxylation is 2. The fraction of sp³-hybridized carbons (Fsp3) is 0.190. The molecule has 0 spiro atoms. The third-order valence-corrected chi connectivity index (χ3v) is 5.49. The standard InChI is InChI=1S/C21H19N5O3S/c1-13-7-6-10-19(26-21(28)25(3)23-24-26)17(13)11-29-20-22-18(12-30-20)16-9-5-4-8-15(16)14(2)27/h4-10,12H,11H2,1-3H3. The first-order valence-corrected chi connectivity index (χ1v) is 10.1. The topological polar surface area (TPSA) is 91.9 Å². The van der Waals surface area contributed by atoms with E-state index in [-0.39, 0.29) is 18.1 Å². The second-order valence-corrected chi connectivity index (χ2v) is 7.58. The predicted molar refractivity (Wildman–Crippen MR) is 113 cm³/mol. The zero-order valence-electron chi connectivity index (χ0n) is 16.7. The van der Waals surface area contributed by atoms with Crippen LogP contribution in [0, 0.1) is 6.92 Å². The molecule has 4 rings (SSSR count). The molecule has 0 aliphatic rings. The van der Waals surface area contributed by atoms with Crippen molar-refractivity contribution in [2.75, 3.05) is 0 Å². The molecule has 0 aliphatic carbocycles. The van der Waals surface area contributed by atoms with Gasteiger partial charge in [0.15, 0.2) is 5.78 Å². The van der Waals surface area contributed by atoms with Crippen LogP contribution in [0.5, 0.6) is 5.19 Å². The van der Waals surface area contributed by atoms with E-state index >= 15 is 0 Å². The van der Waals surface area contributed by atoms with Crippen LogP contribution in [0.25, 0.3) is 16.9 Å². The maximum Gasteiger partial charge on any atom is 0.368 e. The van der Waals surface area contributed by atoms with E-state index in [0.717, 1.165) is 16.7 Å². The van der Waals surface area contributed by atoms with Gasteiger partial charge in [-0.15, -0.1) is 0 Å². The molecule has 0 saturated heterocycles. The van der Waals surface area contributed by atoms with E-state index in [0.29, 0.717) is 22.1 Å². The van der Waals surface area contributed by atoms with E-state index in [1.54, 1.807) is 19.2 Å². The highest BCUT2D eigenvalue weighted by molar-refractivity contribution is 7.11. The molecule has 0 radical (unpaired) electrons. The third-order valence-electron chi connectivity index (χ3n) is 4.74. The maximum absolute atomic E-state index is 12.3. The number of nitrogens with zero attached hydrogens (tertiary/aromatic N) is 5. The number of carbonyl (C=O) groups excluding carboxylic acids is 1. The van der Waals surface area contributed by atoms with E-state index in [2.05, 4.69) is 15.4 Å². The highest BCUT2D eigenvalue weighted by atomic mass is 32.1. The van der Waals surface area contributed by atoms with Crippen molar-refractivity contribution in [3.63, 3.8) is 0 Å². The zero-order valence-corrected chi connectivity index (χ0v) is 17.5. The minimum absolute atomic E-state index is 0.0139. The van der Waals surface area contributed by atoms with Gasteiger partial charge in [0.25, 0.3) is 5.19 Å². The fourth-order valence-corrected chi connectivity index (χ4v) is 3.80. The highest BCUT2D eigenvalue weighted by Gasteiger charge is 2.16. The Bertz CT molecular complexity index is 1290. The molecular weight excluding hydrogens is 402 g/mol. The molecule has 30 heavy (non-hydrogen) atoms. The van der Waals surface area contributed by atoms with Crippen LogP contribution >= 0.6 is 11.3 Å². The van der Waals surface area contributed by atoms with Gasteiger partial charge in [-0.05, 0) is 35.9 Å². The number of Topliss-reactive ketones (excluding diaryl/α,β-unsaturated/α-hetero) is 1. The molecule has 8 nitrogen and oxygen atoms in total. The summed E-state index contributed by atoms with van der Waals surface area (Å²) in [6.45, 7) is 3.70. The summed E-state index contributed by atoms with van der Waals surface area (Å²) in [7, 11) is 1.55. The van der Waals surface area contributed by atoms with E-state index in [1.165, 1.54) is 27.6 Å². The molecule has 0 atom stereocenters. The molecule has 0 fully saturated rings. The van der Waals surface area contributed by atoms with Crippen LogP contribution in [0.4, 0.5) is 0 Å². The fourth-order valence-electron chi connectivity index (χ4n) is 3.13. The predicted octanol–water partition coefficient (Wildman–Crippen LogP) is 3.18. The number of hydrogen-bond donors (Lipinski definition) is 0.